The van der Waals surface area contributed by atoms with Crippen molar-refractivity contribution in [3.8, 4) is 0 Å². The van der Waals surface area contributed by atoms with Crippen molar-refractivity contribution in [2.75, 3.05) is 25.5 Å². The molecule has 114 valence electrons. The molecule has 0 saturated heterocycles. The van der Waals surface area contributed by atoms with Gasteiger partial charge < -0.3 is 10.2 Å². The molecular weight excluding hydrogens is 328 g/mol. The predicted octanol–water partition coefficient (Wildman–Crippen LogP) is 3.34. The molecular formula is C16H23BrN4. The fourth-order valence-electron chi connectivity index (χ4n) is 2.37. The number of benzene rings is 1. The Kier molecular flexibility index (Phi) is 5.42. The highest BCUT2D eigenvalue weighted by Gasteiger charge is 2.20. The van der Waals surface area contributed by atoms with Gasteiger partial charge in [-0.1, -0.05) is 19.1 Å². The molecule has 0 saturated carbocycles. The Morgan fingerprint density at radius 3 is 2.43 bits per heavy atom. The van der Waals surface area contributed by atoms with Crippen molar-refractivity contribution >= 4 is 21.6 Å². The molecule has 0 aliphatic carbocycles. The Morgan fingerprint density at radius 1 is 1.29 bits per heavy atom. The van der Waals surface area contributed by atoms with E-state index in [1.54, 1.807) is 0 Å². The molecule has 0 fully saturated rings. The molecule has 0 aliphatic rings. The first-order chi connectivity index (χ1) is 10.0. The number of halogens is 1. The van der Waals surface area contributed by atoms with E-state index in [1.165, 1.54) is 11.3 Å². The first-order valence-electron chi connectivity index (χ1n) is 7.22. The smallest absolute Gasteiger partial charge is 0.0759 e. The van der Waals surface area contributed by atoms with Crippen LogP contribution in [0.25, 0.3) is 0 Å². The number of aromatic nitrogens is 2. The van der Waals surface area contributed by atoms with Crippen LogP contribution in [0.15, 0.2) is 34.9 Å². The Hall–Kier alpha value is -1.33. The second-order valence-corrected chi connectivity index (χ2v) is 6.23. The van der Waals surface area contributed by atoms with Gasteiger partial charge in [0.05, 0.1) is 22.4 Å². The topological polar surface area (TPSA) is 33.1 Å². The third-order valence-corrected chi connectivity index (χ3v) is 4.16. The first-order valence-corrected chi connectivity index (χ1v) is 8.02. The lowest BCUT2D eigenvalue weighted by Gasteiger charge is -2.21. The zero-order valence-electron chi connectivity index (χ0n) is 13.1. The van der Waals surface area contributed by atoms with Gasteiger partial charge in [0.2, 0.25) is 0 Å². The minimum atomic E-state index is 0.142. The summed E-state index contributed by atoms with van der Waals surface area (Å²) in [6.45, 7) is 3.15. The molecule has 2 aromatic rings. The number of nitrogens with zero attached hydrogens (tertiary/aromatic N) is 3. The fourth-order valence-corrected chi connectivity index (χ4v) is 2.95. The van der Waals surface area contributed by atoms with Gasteiger partial charge in [-0.2, -0.15) is 5.10 Å². The number of aryl methyl sites for hydroxylation is 1. The SMILES string of the molecule is CCCNC(c1ccc(N(C)C)cc1)c1c(Br)cnn1C. The lowest BCUT2D eigenvalue weighted by atomic mass is 10.0. The molecule has 0 spiro atoms. The van der Waals surface area contributed by atoms with Crippen LogP contribution in [0, 0.1) is 0 Å². The molecule has 1 heterocycles. The second-order valence-electron chi connectivity index (χ2n) is 5.37. The van der Waals surface area contributed by atoms with Crippen LogP contribution in [0.3, 0.4) is 0 Å². The Morgan fingerprint density at radius 2 is 1.95 bits per heavy atom. The third kappa shape index (κ3) is 3.66. The summed E-state index contributed by atoms with van der Waals surface area (Å²) in [5, 5.41) is 7.95. The maximum atomic E-state index is 4.34. The Bertz CT molecular complexity index is 555. The van der Waals surface area contributed by atoms with Crippen molar-refractivity contribution in [2.45, 2.75) is 19.4 Å². The largest absolute Gasteiger partial charge is 0.378 e. The van der Waals surface area contributed by atoms with Gasteiger partial charge >= 0.3 is 0 Å². The zero-order valence-corrected chi connectivity index (χ0v) is 14.7. The van der Waals surface area contributed by atoms with Crippen LogP contribution in [0.2, 0.25) is 0 Å². The number of anilines is 1. The minimum absolute atomic E-state index is 0.142. The predicted molar refractivity (Wildman–Crippen MR) is 91.8 cm³/mol. The van der Waals surface area contributed by atoms with E-state index in [1.807, 2.05) is 17.9 Å². The molecule has 1 unspecified atom stereocenters. The quantitative estimate of drug-likeness (QED) is 0.867. The molecule has 21 heavy (non-hydrogen) atoms. The van der Waals surface area contributed by atoms with E-state index >= 15 is 0 Å². The lowest BCUT2D eigenvalue weighted by molar-refractivity contribution is 0.552. The van der Waals surface area contributed by atoms with Gasteiger partial charge in [0, 0.05) is 26.8 Å². The molecule has 5 heteroatoms. The van der Waals surface area contributed by atoms with Crippen LogP contribution in [0.1, 0.15) is 30.6 Å². The summed E-state index contributed by atoms with van der Waals surface area (Å²) >= 11 is 3.61. The van der Waals surface area contributed by atoms with E-state index < -0.39 is 0 Å². The van der Waals surface area contributed by atoms with Gasteiger partial charge in [-0.3, -0.25) is 4.68 Å². The van der Waals surface area contributed by atoms with E-state index in [2.05, 4.69) is 76.5 Å². The fraction of sp³-hybridized carbons (Fsp3) is 0.438. The van der Waals surface area contributed by atoms with Gasteiger partial charge in [0.25, 0.3) is 0 Å². The molecule has 1 aromatic carbocycles. The van der Waals surface area contributed by atoms with Crippen LogP contribution < -0.4 is 10.2 Å². The average Bonchev–Trinajstić information content (AvgIpc) is 2.80. The van der Waals surface area contributed by atoms with E-state index in [4.69, 9.17) is 0 Å². The molecule has 4 nitrogen and oxygen atoms in total. The van der Waals surface area contributed by atoms with Crippen molar-refractivity contribution in [1.29, 1.82) is 0 Å². The van der Waals surface area contributed by atoms with Crippen molar-refractivity contribution in [3.05, 3.63) is 46.2 Å². The van der Waals surface area contributed by atoms with E-state index in [-0.39, 0.29) is 6.04 Å². The number of hydrogen-bond donors (Lipinski definition) is 1. The maximum Gasteiger partial charge on any atom is 0.0759 e. The zero-order chi connectivity index (χ0) is 15.4. The monoisotopic (exact) mass is 350 g/mol. The van der Waals surface area contributed by atoms with Crippen LogP contribution in [-0.2, 0) is 7.05 Å². The molecule has 1 N–H and O–H groups in total. The molecule has 1 atom stereocenters. The number of rotatable bonds is 6. The summed E-state index contributed by atoms with van der Waals surface area (Å²) in [4.78, 5) is 2.11. The molecule has 0 bridgehead atoms. The molecule has 2 rings (SSSR count). The summed E-state index contributed by atoms with van der Waals surface area (Å²) in [5.74, 6) is 0. The minimum Gasteiger partial charge on any atom is -0.378 e. The second kappa shape index (κ2) is 7.09. The Labute approximate surface area is 135 Å². The van der Waals surface area contributed by atoms with E-state index in [9.17, 15) is 0 Å². The van der Waals surface area contributed by atoms with Crippen LogP contribution in [-0.4, -0.2) is 30.4 Å². The van der Waals surface area contributed by atoms with Gasteiger partial charge in [-0.15, -0.1) is 0 Å². The highest BCUT2D eigenvalue weighted by molar-refractivity contribution is 9.10. The van der Waals surface area contributed by atoms with E-state index in [0.29, 0.717) is 0 Å². The van der Waals surface area contributed by atoms with Crippen molar-refractivity contribution in [3.63, 3.8) is 0 Å². The van der Waals surface area contributed by atoms with Crippen LogP contribution in [0.5, 0.6) is 0 Å². The third-order valence-electron chi connectivity index (χ3n) is 3.55. The van der Waals surface area contributed by atoms with E-state index in [0.717, 1.165) is 23.1 Å². The van der Waals surface area contributed by atoms with Gasteiger partial charge in [0.1, 0.15) is 0 Å². The lowest BCUT2D eigenvalue weighted by Crippen LogP contribution is -2.25. The normalized spacial score (nSPS) is 12.4. The Balaban J connectivity index is 2.36. The summed E-state index contributed by atoms with van der Waals surface area (Å²) < 4.78 is 2.97. The van der Waals surface area contributed by atoms with Crippen molar-refractivity contribution < 1.29 is 0 Å². The molecule has 0 radical (unpaired) electrons. The number of nitrogens with one attached hydrogen (secondary N) is 1. The summed E-state index contributed by atoms with van der Waals surface area (Å²) in [6, 6.07) is 8.81. The summed E-state index contributed by atoms with van der Waals surface area (Å²) in [6.07, 6.45) is 2.95. The van der Waals surface area contributed by atoms with Crippen molar-refractivity contribution in [1.82, 2.24) is 15.1 Å². The van der Waals surface area contributed by atoms with Crippen LogP contribution in [0.4, 0.5) is 5.69 Å². The highest BCUT2D eigenvalue weighted by atomic mass is 79.9. The van der Waals surface area contributed by atoms with Gasteiger partial charge in [-0.05, 0) is 46.6 Å². The van der Waals surface area contributed by atoms with Crippen molar-refractivity contribution in [2.24, 2.45) is 7.05 Å². The van der Waals surface area contributed by atoms with Gasteiger partial charge in [0.15, 0.2) is 0 Å². The average molecular weight is 351 g/mol. The van der Waals surface area contributed by atoms with Crippen LogP contribution >= 0.6 is 15.9 Å². The van der Waals surface area contributed by atoms with Gasteiger partial charge in [-0.25, -0.2) is 0 Å². The molecule has 0 amide bonds. The highest BCUT2D eigenvalue weighted by Crippen LogP contribution is 2.29. The molecule has 1 aromatic heterocycles. The maximum absolute atomic E-state index is 4.34. The first kappa shape index (κ1) is 16.0. The summed E-state index contributed by atoms with van der Waals surface area (Å²) in [5.41, 5.74) is 3.61. The summed E-state index contributed by atoms with van der Waals surface area (Å²) in [7, 11) is 6.09. The number of hydrogen-bond acceptors (Lipinski definition) is 3. The molecule has 0 aliphatic heterocycles. The standard InChI is InChI=1S/C16H23BrN4/c1-5-10-18-15(16-14(17)11-19-21(16)4)12-6-8-13(9-7-12)20(2)3/h6-9,11,15,18H,5,10H2,1-4H3.